The van der Waals surface area contributed by atoms with Crippen LogP contribution in [0.1, 0.15) is 49.0 Å². The number of carbonyl (C=O) groups is 1. The van der Waals surface area contributed by atoms with Crippen molar-refractivity contribution in [1.82, 2.24) is 0 Å². The average molecular weight is 260 g/mol. The fraction of sp³-hybridized carbons (Fsp3) is 0.562. The van der Waals surface area contributed by atoms with Crippen LogP contribution in [0.5, 0.6) is 0 Å². The van der Waals surface area contributed by atoms with Crippen LogP contribution in [0.3, 0.4) is 0 Å². The van der Waals surface area contributed by atoms with Crippen molar-refractivity contribution in [1.29, 1.82) is 0 Å². The fourth-order valence-electron chi connectivity index (χ4n) is 3.04. The molecule has 0 saturated heterocycles. The molecule has 3 atom stereocenters. The van der Waals surface area contributed by atoms with Gasteiger partial charge in [-0.3, -0.25) is 4.79 Å². The maximum Gasteiger partial charge on any atom is 0.249 e. The standard InChI is InChI=1S/C16H24N2O/c1-10-6-4-8-14(11(10)2)18-15-9-5-7-13(12(15)3)16(17)19/h5,7,9-11,14,18H,4,6,8H2,1-3H3,(H2,17,19). The number of nitrogens with two attached hydrogens (primary N) is 1. The first kappa shape index (κ1) is 13.9. The number of rotatable bonds is 3. The lowest BCUT2D eigenvalue weighted by atomic mass is 9.78. The number of benzene rings is 1. The molecule has 3 N–H and O–H groups in total. The van der Waals surface area contributed by atoms with E-state index in [1.807, 2.05) is 19.1 Å². The molecular formula is C16H24N2O. The molecule has 1 aliphatic rings. The first-order valence-electron chi connectivity index (χ1n) is 7.16. The third-order valence-electron chi connectivity index (χ3n) is 4.65. The zero-order valence-electron chi connectivity index (χ0n) is 12.1. The molecule has 1 amide bonds. The van der Waals surface area contributed by atoms with Gasteiger partial charge in [0, 0.05) is 17.3 Å². The number of amides is 1. The summed E-state index contributed by atoms with van der Waals surface area (Å²) < 4.78 is 0. The summed E-state index contributed by atoms with van der Waals surface area (Å²) in [4.78, 5) is 11.4. The van der Waals surface area contributed by atoms with Crippen molar-refractivity contribution in [2.24, 2.45) is 17.6 Å². The molecule has 0 bridgehead atoms. The summed E-state index contributed by atoms with van der Waals surface area (Å²) in [6.45, 7) is 6.60. The Balaban J connectivity index is 2.19. The summed E-state index contributed by atoms with van der Waals surface area (Å²) in [5.74, 6) is 1.06. The van der Waals surface area contributed by atoms with Gasteiger partial charge in [-0.15, -0.1) is 0 Å². The molecule has 0 radical (unpaired) electrons. The monoisotopic (exact) mass is 260 g/mol. The predicted octanol–water partition coefficient (Wildman–Crippen LogP) is 3.33. The molecule has 19 heavy (non-hydrogen) atoms. The Morgan fingerprint density at radius 2 is 2.05 bits per heavy atom. The predicted molar refractivity (Wildman–Crippen MR) is 79.3 cm³/mol. The minimum Gasteiger partial charge on any atom is -0.382 e. The number of anilines is 1. The largest absolute Gasteiger partial charge is 0.382 e. The highest BCUT2D eigenvalue weighted by atomic mass is 16.1. The van der Waals surface area contributed by atoms with Gasteiger partial charge in [-0.1, -0.05) is 32.8 Å². The lowest BCUT2D eigenvalue weighted by Crippen LogP contribution is -2.35. The zero-order valence-corrected chi connectivity index (χ0v) is 12.1. The van der Waals surface area contributed by atoms with Gasteiger partial charge in [0.15, 0.2) is 0 Å². The summed E-state index contributed by atoms with van der Waals surface area (Å²) in [7, 11) is 0. The van der Waals surface area contributed by atoms with Crippen LogP contribution >= 0.6 is 0 Å². The minimum atomic E-state index is -0.355. The third kappa shape index (κ3) is 2.91. The van der Waals surface area contributed by atoms with Crippen molar-refractivity contribution < 1.29 is 4.79 Å². The molecule has 3 heteroatoms. The smallest absolute Gasteiger partial charge is 0.249 e. The van der Waals surface area contributed by atoms with Gasteiger partial charge in [0.1, 0.15) is 0 Å². The summed E-state index contributed by atoms with van der Waals surface area (Å²) >= 11 is 0. The topological polar surface area (TPSA) is 55.1 Å². The molecular weight excluding hydrogens is 236 g/mol. The van der Waals surface area contributed by atoms with E-state index in [1.165, 1.54) is 19.3 Å². The minimum absolute atomic E-state index is 0.355. The van der Waals surface area contributed by atoms with Gasteiger partial charge in [0.25, 0.3) is 0 Å². The van der Waals surface area contributed by atoms with Gasteiger partial charge in [-0.05, 0) is 42.9 Å². The van der Waals surface area contributed by atoms with Gasteiger partial charge in [-0.25, -0.2) is 0 Å². The molecule has 3 nitrogen and oxygen atoms in total. The number of primary amides is 1. The second-order valence-electron chi connectivity index (χ2n) is 5.86. The van der Waals surface area contributed by atoms with Gasteiger partial charge >= 0.3 is 0 Å². The van der Waals surface area contributed by atoms with Gasteiger partial charge in [0.2, 0.25) is 5.91 Å². The normalized spacial score (nSPS) is 27.0. The van der Waals surface area contributed by atoms with Crippen LogP contribution in [0.4, 0.5) is 5.69 Å². The molecule has 0 spiro atoms. The first-order chi connectivity index (χ1) is 9.00. The van der Waals surface area contributed by atoms with E-state index in [2.05, 4.69) is 19.2 Å². The molecule has 0 aliphatic heterocycles. The quantitative estimate of drug-likeness (QED) is 0.875. The van der Waals surface area contributed by atoms with E-state index in [4.69, 9.17) is 5.73 Å². The third-order valence-corrected chi connectivity index (χ3v) is 4.65. The van der Waals surface area contributed by atoms with Crippen molar-refractivity contribution in [2.75, 3.05) is 5.32 Å². The van der Waals surface area contributed by atoms with Gasteiger partial charge in [0.05, 0.1) is 0 Å². The van der Waals surface area contributed by atoms with Crippen LogP contribution in [0, 0.1) is 18.8 Å². The van der Waals surface area contributed by atoms with Crippen molar-refractivity contribution >= 4 is 11.6 Å². The number of hydrogen-bond donors (Lipinski definition) is 2. The highest BCUT2D eigenvalue weighted by Gasteiger charge is 2.27. The number of hydrogen-bond acceptors (Lipinski definition) is 2. The molecule has 1 aromatic carbocycles. The zero-order chi connectivity index (χ0) is 14.0. The highest BCUT2D eigenvalue weighted by molar-refractivity contribution is 5.95. The van der Waals surface area contributed by atoms with E-state index >= 15 is 0 Å². The fourth-order valence-corrected chi connectivity index (χ4v) is 3.04. The van der Waals surface area contributed by atoms with E-state index in [9.17, 15) is 4.79 Å². The lowest BCUT2D eigenvalue weighted by molar-refractivity contribution is 0.0999. The van der Waals surface area contributed by atoms with Crippen molar-refractivity contribution in [2.45, 2.75) is 46.1 Å². The van der Waals surface area contributed by atoms with Crippen molar-refractivity contribution in [3.63, 3.8) is 0 Å². The molecule has 2 rings (SSSR count). The first-order valence-corrected chi connectivity index (χ1v) is 7.16. The molecule has 1 saturated carbocycles. The van der Waals surface area contributed by atoms with E-state index in [-0.39, 0.29) is 5.91 Å². The molecule has 1 aromatic rings. The Morgan fingerprint density at radius 1 is 1.32 bits per heavy atom. The molecule has 1 aliphatic carbocycles. The van der Waals surface area contributed by atoms with Gasteiger partial charge in [-0.2, -0.15) is 0 Å². The number of nitrogens with one attached hydrogen (secondary N) is 1. The maximum absolute atomic E-state index is 11.4. The average Bonchev–Trinajstić information content (AvgIpc) is 2.37. The Hall–Kier alpha value is -1.51. The van der Waals surface area contributed by atoms with Crippen LogP contribution in [-0.4, -0.2) is 11.9 Å². The Morgan fingerprint density at radius 3 is 2.74 bits per heavy atom. The molecule has 0 heterocycles. The molecule has 1 fully saturated rings. The Bertz CT molecular complexity index is 470. The van der Waals surface area contributed by atoms with Crippen molar-refractivity contribution in [3.05, 3.63) is 29.3 Å². The Kier molecular flexibility index (Phi) is 4.13. The van der Waals surface area contributed by atoms with Crippen molar-refractivity contribution in [3.8, 4) is 0 Å². The SMILES string of the molecule is Cc1c(NC2CCCC(C)C2C)cccc1C(N)=O. The second kappa shape index (κ2) is 5.64. The van der Waals surface area contributed by atoms with Crippen LogP contribution < -0.4 is 11.1 Å². The second-order valence-corrected chi connectivity index (χ2v) is 5.86. The van der Waals surface area contributed by atoms with E-state index in [1.54, 1.807) is 6.07 Å². The molecule has 3 unspecified atom stereocenters. The van der Waals surface area contributed by atoms with E-state index in [0.717, 1.165) is 17.2 Å². The number of carbonyl (C=O) groups excluding carboxylic acids is 1. The van der Waals surface area contributed by atoms with Crippen LogP contribution in [0.2, 0.25) is 0 Å². The molecule has 104 valence electrons. The summed E-state index contributed by atoms with van der Waals surface area (Å²) in [5.41, 5.74) is 8.01. The highest BCUT2D eigenvalue weighted by Crippen LogP contribution is 2.32. The van der Waals surface area contributed by atoms with Gasteiger partial charge < -0.3 is 11.1 Å². The van der Waals surface area contributed by atoms with E-state index in [0.29, 0.717) is 17.5 Å². The van der Waals surface area contributed by atoms with Crippen LogP contribution in [0.15, 0.2) is 18.2 Å². The van der Waals surface area contributed by atoms with Crippen LogP contribution in [0.25, 0.3) is 0 Å². The summed E-state index contributed by atoms with van der Waals surface area (Å²) in [5, 5.41) is 3.62. The molecule has 0 aromatic heterocycles. The van der Waals surface area contributed by atoms with E-state index < -0.39 is 0 Å². The lowest BCUT2D eigenvalue weighted by Gasteiger charge is -2.35. The summed E-state index contributed by atoms with van der Waals surface area (Å²) in [6.07, 6.45) is 3.79. The maximum atomic E-state index is 11.4. The summed E-state index contributed by atoms with van der Waals surface area (Å²) in [6, 6.07) is 6.21. The van der Waals surface area contributed by atoms with Crippen LogP contribution in [-0.2, 0) is 0 Å². The Labute approximate surface area is 115 Å².